The topological polar surface area (TPSA) is 59.6 Å². The Morgan fingerprint density at radius 2 is 1.89 bits per heavy atom. The summed E-state index contributed by atoms with van der Waals surface area (Å²) in [6.07, 6.45) is 3.98. The Morgan fingerprint density at radius 1 is 1.15 bits per heavy atom. The number of hydrogen-bond acceptors (Lipinski definition) is 4. The van der Waals surface area contributed by atoms with Crippen molar-refractivity contribution in [3.05, 3.63) is 59.2 Å². The van der Waals surface area contributed by atoms with Crippen LogP contribution in [0, 0.1) is 6.92 Å². The van der Waals surface area contributed by atoms with Gasteiger partial charge < -0.3 is 14.8 Å². The number of aryl methyl sites for hydroxylation is 2. The predicted octanol–water partition coefficient (Wildman–Crippen LogP) is 4.10. The lowest BCUT2D eigenvalue weighted by Gasteiger charge is -2.14. The van der Waals surface area contributed by atoms with E-state index in [1.807, 2.05) is 31.2 Å². The summed E-state index contributed by atoms with van der Waals surface area (Å²) in [5.41, 5.74) is 3.97. The van der Waals surface area contributed by atoms with Crippen molar-refractivity contribution in [2.45, 2.75) is 20.3 Å². The zero-order valence-corrected chi connectivity index (χ0v) is 16.8. The average Bonchev–Trinajstić information content (AvgIpc) is 2.67. The third-order valence-corrected chi connectivity index (χ3v) is 4.25. The van der Waals surface area contributed by atoms with E-state index in [0.29, 0.717) is 11.5 Å². The van der Waals surface area contributed by atoms with Gasteiger partial charge in [0.1, 0.15) is 0 Å². The van der Waals surface area contributed by atoms with Gasteiger partial charge in [-0.2, -0.15) is 0 Å². The predicted molar refractivity (Wildman–Crippen MR) is 114 cm³/mol. The summed E-state index contributed by atoms with van der Waals surface area (Å²) in [6.45, 7) is 4.08. The molecule has 0 radical (unpaired) electrons. The number of rotatable bonds is 6. The summed E-state index contributed by atoms with van der Waals surface area (Å²) >= 11 is 5.27. The Hall–Kier alpha value is -2.86. The Bertz CT molecular complexity index is 863. The van der Waals surface area contributed by atoms with Gasteiger partial charge >= 0.3 is 0 Å². The summed E-state index contributed by atoms with van der Waals surface area (Å²) in [5, 5.41) is 6.05. The molecule has 0 aromatic heterocycles. The minimum Gasteiger partial charge on any atom is -0.493 e. The third kappa shape index (κ3) is 5.56. The molecule has 0 atom stereocenters. The lowest BCUT2D eigenvalue weighted by atomic mass is 10.1. The minimum absolute atomic E-state index is 0.265. The highest BCUT2D eigenvalue weighted by atomic mass is 32.1. The molecule has 0 aliphatic carbocycles. The van der Waals surface area contributed by atoms with Crippen molar-refractivity contribution in [1.29, 1.82) is 0 Å². The molecule has 0 heterocycles. The number of thiocarbonyl (C=S) groups is 1. The number of hydrogen-bond donors (Lipinski definition) is 2. The van der Waals surface area contributed by atoms with Crippen LogP contribution in [0.4, 0.5) is 5.69 Å². The first-order valence-electron chi connectivity index (χ1n) is 8.59. The van der Waals surface area contributed by atoms with E-state index in [2.05, 4.69) is 17.6 Å². The molecule has 5 nitrogen and oxygen atoms in total. The van der Waals surface area contributed by atoms with E-state index < -0.39 is 0 Å². The molecule has 0 saturated heterocycles. The van der Waals surface area contributed by atoms with Crippen molar-refractivity contribution in [1.82, 2.24) is 5.32 Å². The zero-order valence-electron chi connectivity index (χ0n) is 16.0. The number of nitrogens with one attached hydrogen (secondary N) is 2. The van der Waals surface area contributed by atoms with Crippen LogP contribution in [0.15, 0.2) is 42.5 Å². The second-order valence-electron chi connectivity index (χ2n) is 5.85. The quantitative estimate of drug-likeness (QED) is 0.580. The first kappa shape index (κ1) is 20.5. The minimum atomic E-state index is -0.311. The van der Waals surface area contributed by atoms with Crippen molar-refractivity contribution in [3.63, 3.8) is 0 Å². The molecule has 0 aliphatic rings. The number of ether oxygens (including phenoxy) is 2. The van der Waals surface area contributed by atoms with Gasteiger partial charge in [0, 0.05) is 11.8 Å². The smallest absolute Gasteiger partial charge is 0.250 e. The van der Waals surface area contributed by atoms with E-state index >= 15 is 0 Å². The molecule has 142 valence electrons. The van der Waals surface area contributed by atoms with Crippen molar-refractivity contribution >= 4 is 35.0 Å². The van der Waals surface area contributed by atoms with Gasteiger partial charge in [0.05, 0.1) is 14.2 Å². The molecule has 2 aromatic rings. The van der Waals surface area contributed by atoms with Crippen molar-refractivity contribution < 1.29 is 14.3 Å². The molecule has 0 saturated carbocycles. The van der Waals surface area contributed by atoms with Crippen molar-refractivity contribution in [2.24, 2.45) is 0 Å². The van der Waals surface area contributed by atoms with Crippen LogP contribution in [-0.2, 0) is 11.2 Å². The number of carbonyl (C=O) groups excluding carboxylic acids is 1. The fourth-order valence-electron chi connectivity index (χ4n) is 2.63. The van der Waals surface area contributed by atoms with Gasteiger partial charge in [-0.15, -0.1) is 0 Å². The summed E-state index contributed by atoms with van der Waals surface area (Å²) in [7, 11) is 3.14. The van der Waals surface area contributed by atoms with Gasteiger partial charge in [-0.05, 0) is 60.5 Å². The largest absolute Gasteiger partial charge is 0.493 e. The van der Waals surface area contributed by atoms with Crippen molar-refractivity contribution in [3.8, 4) is 11.5 Å². The van der Waals surface area contributed by atoms with E-state index in [0.717, 1.165) is 28.8 Å². The summed E-state index contributed by atoms with van der Waals surface area (Å²) in [5.74, 6) is 0.923. The first-order valence-corrected chi connectivity index (χ1v) is 8.99. The van der Waals surface area contributed by atoms with Crippen LogP contribution in [0.2, 0.25) is 0 Å². The van der Waals surface area contributed by atoms with E-state index in [9.17, 15) is 4.79 Å². The normalized spacial score (nSPS) is 10.5. The molecule has 1 amide bonds. The van der Waals surface area contributed by atoms with Gasteiger partial charge in [-0.3, -0.25) is 10.1 Å². The molecule has 0 aliphatic heterocycles. The number of para-hydroxylation sites is 1. The lowest BCUT2D eigenvalue weighted by molar-refractivity contribution is -0.115. The molecule has 0 spiro atoms. The van der Waals surface area contributed by atoms with Crippen LogP contribution >= 0.6 is 12.2 Å². The molecular formula is C21H24N2O3S. The Morgan fingerprint density at radius 3 is 2.56 bits per heavy atom. The maximum absolute atomic E-state index is 12.2. The number of methoxy groups -OCH3 is 2. The molecule has 2 N–H and O–H groups in total. The van der Waals surface area contributed by atoms with Crippen LogP contribution in [0.5, 0.6) is 11.5 Å². The standard InChI is InChI=1S/C21H24N2O3S/c1-5-16-8-6-7-14(2)20(16)23-21(27)22-19(24)12-10-15-9-11-17(25-3)18(13-15)26-4/h6-13H,5H2,1-4H3,(H2,22,23,24,27)/b12-10+. The second-order valence-corrected chi connectivity index (χ2v) is 6.26. The highest BCUT2D eigenvalue weighted by Crippen LogP contribution is 2.28. The van der Waals surface area contributed by atoms with E-state index in [1.165, 1.54) is 6.08 Å². The summed E-state index contributed by atoms with van der Waals surface area (Å²) < 4.78 is 10.5. The molecule has 2 aromatic carbocycles. The highest BCUT2D eigenvalue weighted by molar-refractivity contribution is 7.80. The molecule has 6 heteroatoms. The van der Waals surface area contributed by atoms with Gasteiger partial charge in [-0.1, -0.05) is 31.2 Å². The van der Waals surface area contributed by atoms with Crippen LogP contribution < -0.4 is 20.1 Å². The van der Waals surface area contributed by atoms with E-state index in [-0.39, 0.29) is 11.0 Å². The van der Waals surface area contributed by atoms with E-state index in [4.69, 9.17) is 21.7 Å². The maximum atomic E-state index is 12.2. The van der Waals surface area contributed by atoms with Crippen molar-refractivity contribution in [2.75, 3.05) is 19.5 Å². The number of amides is 1. The second kappa shape index (κ2) is 9.73. The van der Waals surface area contributed by atoms with Crippen LogP contribution in [-0.4, -0.2) is 25.2 Å². The molecule has 0 unspecified atom stereocenters. The Labute approximate surface area is 165 Å². The number of anilines is 1. The van der Waals surface area contributed by atoms with Crippen LogP contribution in [0.3, 0.4) is 0 Å². The van der Waals surface area contributed by atoms with Gasteiger partial charge in [0.25, 0.3) is 0 Å². The van der Waals surface area contributed by atoms with Crippen LogP contribution in [0.1, 0.15) is 23.6 Å². The molecule has 0 bridgehead atoms. The van der Waals surface area contributed by atoms with Crippen LogP contribution in [0.25, 0.3) is 6.08 Å². The van der Waals surface area contributed by atoms with Gasteiger partial charge in [-0.25, -0.2) is 0 Å². The summed E-state index contributed by atoms with van der Waals surface area (Å²) in [4.78, 5) is 12.2. The SMILES string of the molecule is CCc1cccc(C)c1NC(=S)NC(=O)/C=C/c1ccc(OC)c(OC)c1. The highest BCUT2D eigenvalue weighted by Gasteiger charge is 2.08. The number of carbonyl (C=O) groups is 1. The van der Waals surface area contributed by atoms with E-state index in [1.54, 1.807) is 32.4 Å². The zero-order chi connectivity index (χ0) is 19.8. The lowest BCUT2D eigenvalue weighted by Crippen LogP contribution is -2.33. The van der Waals surface area contributed by atoms with Gasteiger partial charge in [0.15, 0.2) is 16.6 Å². The average molecular weight is 385 g/mol. The molecule has 0 fully saturated rings. The maximum Gasteiger partial charge on any atom is 0.250 e. The number of benzene rings is 2. The Balaban J connectivity index is 2.01. The molecular weight excluding hydrogens is 360 g/mol. The van der Waals surface area contributed by atoms with Gasteiger partial charge in [0.2, 0.25) is 5.91 Å². The first-order chi connectivity index (χ1) is 13.0. The molecule has 27 heavy (non-hydrogen) atoms. The monoisotopic (exact) mass is 384 g/mol. The summed E-state index contributed by atoms with van der Waals surface area (Å²) in [6, 6.07) is 11.5. The Kier molecular flexibility index (Phi) is 7.37. The fourth-order valence-corrected chi connectivity index (χ4v) is 2.83. The molecule has 2 rings (SSSR count). The fraction of sp³-hybridized carbons (Fsp3) is 0.238. The third-order valence-electron chi connectivity index (χ3n) is 4.05.